The molecule has 3 heteroatoms. The van der Waals surface area contributed by atoms with E-state index in [0.717, 1.165) is 24.2 Å². The third-order valence-corrected chi connectivity index (χ3v) is 2.78. The van der Waals surface area contributed by atoms with Crippen LogP contribution in [-0.4, -0.2) is 17.6 Å². The monoisotopic (exact) mass is 205 g/mol. The topological polar surface area (TPSA) is 49.3 Å². The van der Waals surface area contributed by atoms with Crippen molar-refractivity contribution in [1.29, 1.82) is 0 Å². The third kappa shape index (κ3) is 1.96. The van der Waals surface area contributed by atoms with Gasteiger partial charge in [0, 0.05) is 12.2 Å². The molecule has 0 atom stereocenters. The molecule has 1 aromatic rings. The number of aromatic carboxylic acids is 1. The van der Waals surface area contributed by atoms with Gasteiger partial charge < -0.3 is 10.4 Å². The van der Waals surface area contributed by atoms with Crippen molar-refractivity contribution in [2.45, 2.75) is 20.3 Å². The Balaban J connectivity index is 2.39. The van der Waals surface area contributed by atoms with Gasteiger partial charge >= 0.3 is 5.97 Å². The SMILES string of the molecule is CC1(C)CNc2ccc(C(=O)O)cc2C1. The Morgan fingerprint density at radius 1 is 1.47 bits per heavy atom. The molecular formula is C12H15NO2. The highest BCUT2D eigenvalue weighted by Crippen LogP contribution is 2.32. The summed E-state index contributed by atoms with van der Waals surface area (Å²) in [6.07, 6.45) is 0.927. The van der Waals surface area contributed by atoms with E-state index in [-0.39, 0.29) is 5.41 Å². The molecule has 0 fully saturated rings. The molecular weight excluding hydrogens is 190 g/mol. The van der Waals surface area contributed by atoms with E-state index in [1.54, 1.807) is 12.1 Å². The summed E-state index contributed by atoms with van der Waals surface area (Å²) in [5.41, 5.74) is 2.74. The normalized spacial score (nSPS) is 17.7. The van der Waals surface area contributed by atoms with Crippen LogP contribution in [-0.2, 0) is 6.42 Å². The maximum Gasteiger partial charge on any atom is 0.335 e. The number of carboxylic acids is 1. The highest BCUT2D eigenvalue weighted by molar-refractivity contribution is 5.88. The predicted octanol–water partition coefficient (Wildman–Crippen LogP) is 2.38. The molecule has 1 aliphatic heterocycles. The minimum atomic E-state index is -0.860. The second-order valence-electron chi connectivity index (χ2n) is 4.87. The average Bonchev–Trinajstić information content (AvgIpc) is 2.15. The van der Waals surface area contributed by atoms with Crippen LogP contribution in [0.4, 0.5) is 5.69 Å². The second kappa shape index (κ2) is 3.26. The molecule has 0 saturated carbocycles. The van der Waals surface area contributed by atoms with E-state index in [0.29, 0.717) is 5.56 Å². The van der Waals surface area contributed by atoms with Gasteiger partial charge in [-0.05, 0) is 35.6 Å². The number of carboxylic acid groups (broad SMARTS) is 1. The van der Waals surface area contributed by atoms with Crippen molar-refractivity contribution >= 4 is 11.7 Å². The van der Waals surface area contributed by atoms with Crippen LogP contribution in [0.2, 0.25) is 0 Å². The molecule has 15 heavy (non-hydrogen) atoms. The third-order valence-electron chi connectivity index (χ3n) is 2.78. The zero-order valence-electron chi connectivity index (χ0n) is 9.00. The molecule has 0 amide bonds. The molecule has 80 valence electrons. The molecule has 1 aliphatic rings. The molecule has 0 spiro atoms. The Bertz CT molecular complexity index is 410. The number of nitrogens with one attached hydrogen (secondary N) is 1. The Morgan fingerprint density at radius 3 is 2.87 bits per heavy atom. The molecule has 0 saturated heterocycles. The van der Waals surface area contributed by atoms with Gasteiger partial charge in [-0.15, -0.1) is 0 Å². The van der Waals surface area contributed by atoms with E-state index in [2.05, 4.69) is 19.2 Å². The van der Waals surface area contributed by atoms with Crippen molar-refractivity contribution in [2.75, 3.05) is 11.9 Å². The van der Waals surface area contributed by atoms with E-state index < -0.39 is 5.97 Å². The summed E-state index contributed by atoms with van der Waals surface area (Å²) in [5.74, 6) is -0.860. The lowest BCUT2D eigenvalue weighted by atomic mass is 9.82. The molecule has 2 N–H and O–H groups in total. The largest absolute Gasteiger partial charge is 0.478 e. The van der Waals surface area contributed by atoms with E-state index in [1.807, 2.05) is 6.07 Å². The lowest BCUT2D eigenvalue weighted by Crippen LogP contribution is -2.30. The fraction of sp³-hybridized carbons (Fsp3) is 0.417. The first-order valence-electron chi connectivity index (χ1n) is 5.08. The Hall–Kier alpha value is -1.51. The minimum absolute atomic E-state index is 0.199. The van der Waals surface area contributed by atoms with Crippen LogP contribution >= 0.6 is 0 Å². The van der Waals surface area contributed by atoms with Gasteiger partial charge in [0.15, 0.2) is 0 Å². The summed E-state index contributed by atoms with van der Waals surface area (Å²) >= 11 is 0. The Labute approximate surface area is 89.1 Å². The van der Waals surface area contributed by atoms with Gasteiger partial charge in [0.1, 0.15) is 0 Å². The number of hydrogen-bond acceptors (Lipinski definition) is 2. The highest BCUT2D eigenvalue weighted by Gasteiger charge is 2.25. The van der Waals surface area contributed by atoms with Crippen LogP contribution in [0.15, 0.2) is 18.2 Å². The zero-order valence-corrected chi connectivity index (χ0v) is 9.00. The van der Waals surface area contributed by atoms with Crippen molar-refractivity contribution in [2.24, 2.45) is 5.41 Å². The lowest BCUT2D eigenvalue weighted by Gasteiger charge is -2.32. The molecule has 1 heterocycles. The minimum Gasteiger partial charge on any atom is -0.478 e. The maximum atomic E-state index is 10.8. The van der Waals surface area contributed by atoms with Crippen LogP contribution in [0, 0.1) is 5.41 Å². The van der Waals surface area contributed by atoms with Gasteiger partial charge in [-0.1, -0.05) is 13.8 Å². The molecule has 1 aromatic carbocycles. The maximum absolute atomic E-state index is 10.8. The van der Waals surface area contributed by atoms with Crippen LogP contribution in [0.5, 0.6) is 0 Å². The zero-order chi connectivity index (χ0) is 11.1. The summed E-state index contributed by atoms with van der Waals surface area (Å²) in [6, 6.07) is 5.27. The van der Waals surface area contributed by atoms with Crippen LogP contribution < -0.4 is 5.32 Å². The molecule has 0 aliphatic carbocycles. The number of anilines is 1. The standard InChI is InChI=1S/C12H15NO2/c1-12(2)6-9-5-8(11(14)15)3-4-10(9)13-7-12/h3-5,13H,6-7H2,1-2H3,(H,14,15). The summed E-state index contributed by atoms with van der Waals surface area (Å²) in [6.45, 7) is 5.29. The summed E-state index contributed by atoms with van der Waals surface area (Å²) in [5, 5.41) is 12.2. The summed E-state index contributed by atoms with van der Waals surface area (Å²) in [4.78, 5) is 10.8. The Kier molecular flexibility index (Phi) is 2.18. The van der Waals surface area contributed by atoms with Gasteiger partial charge in [-0.25, -0.2) is 4.79 Å². The first-order valence-corrected chi connectivity index (χ1v) is 5.08. The summed E-state index contributed by atoms with van der Waals surface area (Å²) in [7, 11) is 0. The first kappa shape index (κ1) is 10.0. The van der Waals surface area contributed by atoms with E-state index in [1.165, 1.54) is 0 Å². The average molecular weight is 205 g/mol. The van der Waals surface area contributed by atoms with Gasteiger partial charge in [-0.2, -0.15) is 0 Å². The van der Waals surface area contributed by atoms with E-state index >= 15 is 0 Å². The fourth-order valence-electron chi connectivity index (χ4n) is 1.96. The Morgan fingerprint density at radius 2 is 2.20 bits per heavy atom. The van der Waals surface area contributed by atoms with Crippen molar-refractivity contribution in [1.82, 2.24) is 0 Å². The fourth-order valence-corrected chi connectivity index (χ4v) is 1.96. The van der Waals surface area contributed by atoms with E-state index in [4.69, 9.17) is 5.11 Å². The van der Waals surface area contributed by atoms with Crippen molar-refractivity contribution in [3.05, 3.63) is 29.3 Å². The molecule has 2 rings (SSSR count). The first-order chi connectivity index (χ1) is 6.98. The van der Waals surface area contributed by atoms with Gasteiger partial charge in [-0.3, -0.25) is 0 Å². The molecule has 3 nitrogen and oxygen atoms in total. The molecule has 0 bridgehead atoms. The highest BCUT2D eigenvalue weighted by atomic mass is 16.4. The van der Waals surface area contributed by atoms with Crippen LogP contribution in [0.3, 0.4) is 0 Å². The number of benzene rings is 1. The van der Waals surface area contributed by atoms with Gasteiger partial charge in [0.05, 0.1) is 5.56 Å². The molecule has 0 aromatic heterocycles. The van der Waals surface area contributed by atoms with Crippen molar-refractivity contribution in [3.8, 4) is 0 Å². The number of fused-ring (bicyclic) bond motifs is 1. The summed E-state index contributed by atoms with van der Waals surface area (Å²) < 4.78 is 0. The number of rotatable bonds is 1. The number of hydrogen-bond donors (Lipinski definition) is 2. The van der Waals surface area contributed by atoms with Crippen LogP contribution in [0.25, 0.3) is 0 Å². The molecule has 0 radical (unpaired) electrons. The van der Waals surface area contributed by atoms with Gasteiger partial charge in [0.2, 0.25) is 0 Å². The number of carbonyl (C=O) groups is 1. The van der Waals surface area contributed by atoms with Crippen LogP contribution in [0.1, 0.15) is 29.8 Å². The predicted molar refractivity (Wildman–Crippen MR) is 59.4 cm³/mol. The lowest BCUT2D eigenvalue weighted by molar-refractivity contribution is 0.0696. The quantitative estimate of drug-likeness (QED) is 0.740. The van der Waals surface area contributed by atoms with Crippen molar-refractivity contribution < 1.29 is 9.90 Å². The van der Waals surface area contributed by atoms with Gasteiger partial charge in [0.25, 0.3) is 0 Å². The van der Waals surface area contributed by atoms with Crippen molar-refractivity contribution in [3.63, 3.8) is 0 Å². The molecule has 0 unspecified atom stereocenters. The van der Waals surface area contributed by atoms with E-state index in [9.17, 15) is 4.79 Å². The smallest absolute Gasteiger partial charge is 0.335 e. The second-order valence-corrected chi connectivity index (χ2v) is 4.87.